The van der Waals surface area contributed by atoms with E-state index in [1.54, 1.807) is 28.3 Å². The molecule has 2 aliphatic carbocycles. The van der Waals surface area contributed by atoms with E-state index in [1.807, 2.05) is 18.2 Å². The Morgan fingerprint density at radius 2 is 1.24 bits per heavy atom. The van der Waals surface area contributed by atoms with Gasteiger partial charge < -0.3 is 5.11 Å². The molecule has 0 saturated carbocycles. The third-order valence-electron chi connectivity index (χ3n) is 6.99. The predicted molar refractivity (Wildman–Crippen MR) is 122 cm³/mol. The zero-order valence-electron chi connectivity index (χ0n) is 17.6. The predicted octanol–water partition coefficient (Wildman–Crippen LogP) is 7.10. The van der Waals surface area contributed by atoms with Gasteiger partial charge in [0.2, 0.25) is 0 Å². The van der Waals surface area contributed by atoms with E-state index < -0.39 is 0 Å². The lowest BCUT2D eigenvalue weighted by atomic mass is 9.76. The van der Waals surface area contributed by atoms with Gasteiger partial charge in [-0.05, 0) is 121 Å². The molecular weight excluding hydrogens is 352 g/mol. The normalized spacial score (nSPS) is 15.7. The van der Waals surface area contributed by atoms with E-state index in [9.17, 15) is 5.11 Å². The first kappa shape index (κ1) is 18.5. The number of fused-ring (bicyclic) bond motifs is 2. The average Bonchev–Trinajstić information content (AvgIpc) is 2.74. The van der Waals surface area contributed by atoms with Crippen LogP contribution in [0.2, 0.25) is 0 Å². The molecule has 0 unspecified atom stereocenters. The largest absolute Gasteiger partial charge is 0.507 e. The zero-order chi connectivity index (χ0) is 20.0. The third kappa shape index (κ3) is 3.17. The van der Waals surface area contributed by atoms with Gasteiger partial charge in [-0.1, -0.05) is 36.4 Å². The maximum atomic E-state index is 10.5. The monoisotopic (exact) mass is 382 g/mol. The van der Waals surface area contributed by atoms with E-state index in [1.165, 1.54) is 73.6 Å². The number of aryl methyl sites for hydroxylation is 3. The van der Waals surface area contributed by atoms with Gasteiger partial charge in [0.15, 0.2) is 0 Å². The Labute approximate surface area is 174 Å². The molecular formula is C28H30O. The summed E-state index contributed by atoms with van der Waals surface area (Å²) >= 11 is 0. The highest BCUT2D eigenvalue weighted by Gasteiger charge is 2.24. The van der Waals surface area contributed by atoms with Crippen LogP contribution in [-0.4, -0.2) is 5.11 Å². The minimum atomic E-state index is 0.365. The van der Waals surface area contributed by atoms with Crippen molar-refractivity contribution in [3.05, 3.63) is 75.8 Å². The van der Waals surface area contributed by atoms with E-state index in [4.69, 9.17) is 0 Å². The molecule has 1 nitrogen and oxygen atoms in total. The van der Waals surface area contributed by atoms with E-state index in [2.05, 4.69) is 32.0 Å². The molecule has 0 saturated heterocycles. The lowest BCUT2D eigenvalue weighted by Gasteiger charge is -2.29. The lowest BCUT2D eigenvalue weighted by molar-refractivity contribution is 0.477. The summed E-state index contributed by atoms with van der Waals surface area (Å²) in [7, 11) is 0. The highest BCUT2D eigenvalue weighted by molar-refractivity contribution is 5.85. The molecule has 2 aliphatic rings. The first-order valence-corrected chi connectivity index (χ1v) is 11.2. The Balaban J connectivity index is 1.80. The van der Waals surface area contributed by atoms with Crippen molar-refractivity contribution < 1.29 is 5.11 Å². The van der Waals surface area contributed by atoms with Crippen LogP contribution in [-0.2, 0) is 25.7 Å². The standard InChI is InChI=1S/C28H30O/c1-18-15-25(24-13-7-8-14-27(24)29)19(2)26(16-18)28-22-11-5-3-9-20(22)17-21-10-4-6-12-23(21)28/h7-8,13-17,29H,3-6,9-12H2,1-2H3. The number of hydrogen-bond acceptors (Lipinski definition) is 1. The number of aromatic hydroxyl groups is 1. The number of rotatable bonds is 2. The quantitative estimate of drug-likeness (QED) is 0.501. The van der Waals surface area contributed by atoms with Crippen molar-refractivity contribution in [2.75, 3.05) is 0 Å². The van der Waals surface area contributed by atoms with Gasteiger partial charge in [0.25, 0.3) is 0 Å². The van der Waals surface area contributed by atoms with E-state index >= 15 is 0 Å². The fraction of sp³-hybridized carbons (Fsp3) is 0.357. The van der Waals surface area contributed by atoms with Gasteiger partial charge in [-0.25, -0.2) is 0 Å². The van der Waals surface area contributed by atoms with Crippen molar-refractivity contribution in [1.29, 1.82) is 0 Å². The molecule has 0 heterocycles. The van der Waals surface area contributed by atoms with Crippen molar-refractivity contribution in [3.63, 3.8) is 0 Å². The molecule has 148 valence electrons. The molecule has 3 aromatic rings. The molecule has 0 atom stereocenters. The summed E-state index contributed by atoms with van der Waals surface area (Å²) in [5, 5.41) is 10.5. The van der Waals surface area contributed by atoms with Crippen molar-refractivity contribution in [1.82, 2.24) is 0 Å². The molecule has 5 rings (SSSR count). The second-order valence-electron chi connectivity index (χ2n) is 8.94. The first-order valence-electron chi connectivity index (χ1n) is 11.2. The van der Waals surface area contributed by atoms with Crippen molar-refractivity contribution in [2.24, 2.45) is 0 Å². The summed E-state index contributed by atoms with van der Waals surface area (Å²) in [6, 6.07) is 14.9. The number of hydrogen-bond donors (Lipinski definition) is 1. The number of para-hydroxylation sites is 1. The van der Waals surface area contributed by atoms with Crippen molar-refractivity contribution >= 4 is 0 Å². The van der Waals surface area contributed by atoms with Crippen LogP contribution >= 0.6 is 0 Å². The maximum Gasteiger partial charge on any atom is 0.123 e. The van der Waals surface area contributed by atoms with Crippen LogP contribution in [0.3, 0.4) is 0 Å². The Hall–Kier alpha value is -2.54. The van der Waals surface area contributed by atoms with Gasteiger partial charge in [-0.2, -0.15) is 0 Å². The van der Waals surface area contributed by atoms with E-state index in [0.717, 1.165) is 11.1 Å². The summed E-state index contributed by atoms with van der Waals surface area (Å²) in [6.07, 6.45) is 10.1. The van der Waals surface area contributed by atoms with Gasteiger partial charge in [-0.15, -0.1) is 0 Å². The molecule has 0 aliphatic heterocycles. The van der Waals surface area contributed by atoms with Gasteiger partial charge in [-0.3, -0.25) is 0 Å². The lowest BCUT2D eigenvalue weighted by Crippen LogP contribution is -2.13. The molecule has 0 spiro atoms. The highest BCUT2D eigenvalue weighted by Crippen LogP contribution is 2.44. The Kier molecular flexibility index (Phi) is 4.70. The molecule has 0 bridgehead atoms. The SMILES string of the molecule is Cc1cc(-c2ccccc2O)c(C)c(-c2c3c(cc4c2CCCC4)CCCC3)c1. The Morgan fingerprint density at radius 1 is 0.655 bits per heavy atom. The second kappa shape index (κ2) is 7.37. The fourth-order valence-corrected chi connectivity index (χ4v) is 5.56. The number of phenols is 1. The Bertz CT molecular complexity index is 1060. The summed E-state index contributed by atoms with van der Waals surface area (Å²) in [4.78, 5) is 0. The zero-order valence-corrected chi connectivity index (χ0v) is 17.6. The minimum Gasteiger partial charge on any atom is -0.507 e. The molecule has 0 fully saturated rings. The first-order chi connectivity index (χ1) is 14.1. The molecule has 1 heteroatoms. The van der Waals surface area contributed by atoms with Crippen LogP contribution in [0.4, 0.5) is 0 Å². The van der Waals surface area contributed by atoms with E-state index in [0.29, 0.717) is 5.75 Å². The van der Waals surface area contributed by atoms with E-state index in [-0.39, 0.29) is 0 Å². The molecule has 0 radical (unpaired) electrons. The van der Waals surface area contributed by atoms with Gasteiger partial charge in [0, 0.05) is 5.56 Å². The molecule has 0 aromatic heterocycles. The van der Waals surface area contributed by atoms with Crippen LogP contribution in [0.5, 0.6) is 5.75 Å². The summed E-state index contributed by atoms with van der Waals surface area (Å²) in [5.74, 6) is 0.365. The van der Waals surface area contributed by atoms with Crippen molar-refractivity contribution in [3.8, 4) is 28.0 Å². The van der Waals surface area contributed by atoms with Crippen LogP contribution in [0.1, 0.15) is 59.1 Å². The molecule has 1 N–H and O–H groups in total. The third-order valence-corrected chi connectivity index (χ3v) is 6.99. The minimum absolute atomic E-state index is 0.365. The summed E-state index contributed by atoms with van der Waals surface area (Å²) < 4.78 is 0. The van der Waals surface area contributed by atoms with Crippen LogP contribution in [0.15, 0.2) is 42.5 Å². The second-order valence-corrected chi connectivity index (χ2v) is 8.94. The summed E-state index contributed by atoms with van der Waals surface area (Å²) in [6.45, 7) is 4.43. The van der Waals surface area contributed by atoms with Crippen LogP contribution in [0, 0.1) is 13.8 Å². The van der Waals surface area contributed by atoms with Crippen LogP contribution < -0.4 is 0 Å². The Morgan fingerprint density at radius 3 is 1.90 bits per heavy atom. The summed E-state index contributed by atoms with van der Waals surface area (Å²) in [5.41, 5.74) is 14.0. The van der Waals surface area contributed by atoms with Gasteiger partial charge in [0.05, 0.1) is 0 Å². The van der Waals surface area contributed by atoms with Gasteiger partial charge in [0.1, 0.15) is 5.75 Å². The number of benzene rings is 3. The highest BCUT2D eigenvalue weighted by atomic mass is 16.3. The van der Waals surface area contributed by atoms with Gasteiger partial charge >= 0.3 is 0 Å². The van der Waals surface area contributed by atoms with Crippen LogP contribution in [0.25, 0.3) is 22.3 Å². The fourth-order valence-electron chi connectivity index (χ4n) is 5.56. The maximum absolute atomic E-state index is 10.5. The molecule has 29 heavy (non-hydrogen) atoms. The topological polar surface area (TPSA) is 20.2 Å². The number of phenolic OH excluding ortho intramolecular Hbond substituents is 1. The molecule has 3 aromatic carbocycles. The van der Waals surface area contributed by atoms with Crippen molar-refractivity contribution in [2.45, 2.75) is 65.2 Å². The molecule has 0 amide bonds. The average molecular weight is 383 g/mol. The smallest absolute Gasteiger partial charge is 0.123 e.